The van der Waals surface area contributed by atoms with Gasteiger partial charge in [0.05, 0.1) is 29.1 Å². The number of carbonyl (C=O) groups is 1. The summed E-state index contributed by atoms with van der Waals surface area (Å²) in [4.78, 5) is 12.6. The van der Waals surface area contributed by atoms with Crippen molar-refractivity contribution < 1.29 is 4.79 Å². The Bertz CT molecular complexity index is 1070. The van der Waals surface area contributed by atoms with Gasteiger partial charge < -0.3 is 16.0 Å². The summed E-state index contributed by atoms with van der Waals surface area (Å²) in [5, 5.41) is 26.7. The molecule has 0 spiro atoms. The summed E-state index contributed by atoms with van der Waals surface area (Å²) < 4.78 is 2.27. The van der Waals surface area contributed by atoms with Crippen LogP contribution in [0.4, 0.5) is 17.1 Å². The summed E-state index contributed by atoms with van der Waals surface area (Å²) in [7, 11) is 1.81. The smallest absolute Gasteiger partial charge is 0.256 e. The summed E-state index contributed by atoms with van der Waals surface area (Å²) in [5.41, 5.74) is 3.44. The number of hydrogen-bond acceptors (Lipinski definition) is 5. The van der Waals surface area contributed by atoms with Gasteiger partial charge in [0.2, 0.25) is 0 Å². The largest absolute Gasteiger partial charge is 0.352 e. The maximum absolute atomic E-state index is 12.6. The quantitative estimate of drug-likeness (QED) is 0.539. The topological polar surface area (TPSA) is 107 Å². The molecule has 0 atom stereocenters. The molecule has 134 valence electrons. The molecule has 7 nitrogen and oxygen atoms in total. The second-order valence-electron chi connectivity index (χ2n) is 5.73. The van der Waals surface area contributed by atoms with E-state index in [1.54, 1.807) is 41.2 Å². The molecule has 3 N–H and O–H groups in total. The first-order chi connectivity index (χ1) is 13.0. The number of nitrogens with one attached hydrogen (secondary N) is 3. The highest BCUT2D eigenvalue weighted by Gasteiger charge is 2.13. The summed E-state index contributed by atoms with van der Waals surface area (Å²) in [6.45, 7) is 0. The molecule has 8 heteroatoms. The van der Waals surface area contributed by atoms with Crippen LogP contribution in [0.2, 0.25) is 0 Å². The fourth-order valence-corrected chi connectivity index (χ4v) is 2.90. The molecule has 27 heavy (non-hydrogen) atoms. The Labute approximate surface area is 164 Å². The Balaban J connectivity index is 1.87. The van der Waals surface area contributed by atoms with Gasteiger partial charge >= 0.3 is 0 Å². The predicted octanol–water partition coefficient (Wildman–Crippen LogP) is 4.05. The molecule has 0 aliphatic heterocycles. The molecule has 2 aromatic carbocycles. The summed E-state index contributed by atoms with van der Waals surface area (Å²) >= 11 is 3.34. The van der Waals surface area contributed by atoms with Gasteiger partial charge in [-0.15, -0.1) is 0 Å². The first kappa shape index (κ1) is 18.4. The van der Waals surface area contributed by atoms with E-state index in [4.69, 9.17) is 10.7 Å². The Morgan fingerprint density at radius 1 is 1.30 bits per heavy atom. The van der Waals surface area contributed by atoms with Crippen molar-refractivity contribution in [1.82, 2.24) is 9.78 Å². The molecular weight excluding hydrogens is 408 g/mol. The summed E-state index contributed by atoms with van der Waals surface area (Å²) in [5.74, 6) is -0.339. The number of rotatable bonds is 5. The van der Waals surface area contributed by atoms with Crippen molar-refractivity contribution in [3.8, 4) is 6.07 Å². The fourth-order valence-electron chi connectivity index (χ4n) is 2.48. The number of carbonyl (C=O) groups excluding carboxylic acids is 1. The van der Waals surface area contributed by atoms with Gasteiger partial charge in [0.1, 0.15) is 0 Å². The molecule has 0 unspecified atom stereocenters. The maximum atomic E-state index is 12.6. The highest BCUT2D eigenvalue weighted by Crippen LogP contribution is 2.25. The lowest BCUT2D eigenvalue weighted by Gasteiger charge is -2.12. The van der Waals surface area contributed by atoms with Crippen molar-refractivity contribution in [3.63, 3.8) is 0 Å². The van der Waals surface area contributed by atoms with E-state index in [1.807, 2.05) is 19.3 Å². The predicted molar refractivity (Wildman–Crippen MR) is 108 cm³/mol. The van der Waals surface area contributed by atoms with Crippen molar-refractivity contribution in [1.29, 1.82) is 10.7 Å². The highest BCUT2D eigenvalue weighted by molar-refractivity contribution is 9.10. The van der Waals surface area contributed by atoms with Crippen LogP contribution in [0, 0.1) is 16.7 Å². The number of aromatic nitrogens is 2. The van der Waals surface area contributed by atoms with Crippen molar-refractivity contribution >= 4 is 45.1 Å². The number of anilines is 3. The first-order valence-corrected chi connectivity index (χ1v) is 8.70. The van der Waals surface area contributed by atoms with Crippen LogP contribution in [0.5, 0.6) is 0 Å². The lowest BCUT2D eigenvalue weighted by Crippen LogP contribution is -2.13. The van der Waals surface area contributed by atoms with Crippen LogP contribution in [0.15, 0.2) is 53.3 Å². The normalized spacial score (nSPS) is 10.1. The average Bonchev–Trinajstić information content (AvgIpc) is 3.07. The Morgan fingerprint density at radius 3 is 2.78 bits per heavy atom. The van der Waals surface area contributed by atoms with Gasteiger partial charge in [0.15, 0.2) is 0 Å². The number of nitrogens with zero attached hydrogens (tertiary/aromatic N) is 3. The number of hydrogen-bond donors (Lipinski definition) is 3. The number of benzene rings is 2. The summed E-state index contributed by atoms with van der Waals surface area (Å²) in [6.07, 6.45) is 4.71. The zero-order chi connectivity index (χ0) is 19.4. The third-order valence-electron chi connectivity index (χ3n) is 3.79. The third kappa shape index (κ3) is 4.22. The molecule has 0 fully saturated rings. The minimum absolute atomic E-state index is 0.339. The maximum Gasteiger partial charge on any atom is 0.256 e. The molecule has 0 aliphatic carbocycles. The molecule has 0 bridgehead atoms. The van der Waals surface area contributed by atoms with Gasteiger partial charge in [-0.05, 0) is 52.3 Å². The van der Waals surface area contributed by atoms with E-state index >= 15 is 0 Å². The van der Waals surface area contributed by atoms with Gasteiger partial charge in [0, 0.05) is 40.9 Å². The van der Waals surface area contributed by atoms with Crippen LogP contribution >= 0.6 is 15.9 Å². The van der Waals surface area contributed by atoms with Crippen LogP contribution in [0.25, 0.3) is 0 Å². The van der Waals surface area contributed by atoms with Crippen LogP contribution in [-0.2, 0) is 7.05 Å². The lowest BCUT2D eigenvalue weighted by molar-refractivity contribution is 0.102. The van der Waals surface area contributed by atoms with Crippen molar-refractivity contribution in [2.45, 2.75) is 0 Å². The second-order valence-corrected chi connectivity index (χ2v) is 6.59. The first-order valence-electron chi connectivity index (χ1n) is 7.91. The number of halogens is 1. The Hall–Kier alpha value is -3.44. The van der Waals surface area contributed by atoms with E-state index in [9.17, 15) is 4.79 Å². The van der Waals surface area contributed by atoms with Gasteiger partial charge in [-0.25, -0.2) is 0 Å². The van der Waals surface area contributed by atoms with Gasteiger partial charge in [-0.2, -0.15) is 10.4 Å². The van der Waals surface area contributed by atoms with E-state index in [2.05, 4.69) is 31.7 Å². The fraction of sp³-hybridized carbons (Fsp3) is 0.0526. The zero-order valence-electron chi connectivity index (χ0n) is 14.3. The molecular formula is C19H15BrN6O. The molecule has 0 radical (unpaired) electrons. The van der Waals surface area contributed by atoms with Gasteiger partial charge in [0.25, 0.3) is 5.91 Å². The van der Waals surface area contributed by atoms with Gasteiger partial charge in [-0.3, -0.25) is 9.48 Å². The molecule has 3 aromatic rings. The Morgan fingerprint density at radius 2 is 2.11 bits per heavy atom. The Kier molecular flexibility index (Phi) is 5.33. The molecule has 1 heterocycles. The molecule has 0 aliphatic rings. The van der Waals surface area contributed by atoms with Crippen LogP contribution in [-0.4, -0.2) is 21.9 Å². The average molecular weight is 423 g/mol. The standard InChI is InChI=1S/C19H15BrN6O/c1-26-11-15(10-23-26)24-18-7-14(4-3-13(18)9-22)25-19(27)16-6-12(8-21)2-5-17(16)20/h2-7,9-11,22,24H,1H3,(H,25,27). The van der Waals surface area contributed by atoms with Crippen molar-refractivity contribution in [3.05, 3.63) is 70.0 Å². The molecule has 1 aromatic heterocycles. The minimum atomic E-state index is -0.339. The SMILES string of the molecule is Cn1cc(Nc2cc(NC(=O)c3cc(C#N)ccc3Br)ccc2C=N)cn1. The molecule has 0 saturated carbocycles. The number of aryl methyl sites for hydroxylation is 1. The highest BCUT2D eigenvalue weighted by atomic mass is 79.9. The van der Waals surface area contributed by atoms with Crippen molar-refractivity contribution in [2.24, 2.45) is 7.05 Å². The second kappa shape index (κ2) is 7.85. The zero-order valence-corrected chi connectivity index (χ0v) is 15.9. The van der Waals surface area contributed by atoms with Crippen LogP contribution in [0.3, 0.4) is 0 Å². The summed E-state index contributed by atoms with van der Waals surface area (Å²) in [6, 6.07) is 12.1. The van der Waals surface area contributed by atoms with E-state index < -0.39 is 0 Å². The van der Waals surface area contributed by atoms with E-state index in [-0.39, 0.29) is 5.91 Å². The van der Waals surface area contributed by atoms with Crippen LogP contribution < -0.4 is 10.6 Å². The number of amides is 1. The number of nitriles is 1. The minimum Gasteiger partial charge on any atom is -0.352 e. The molecule has 3 rings (SSSR count). The molecule has 0 saturated heterocycles. The van der Waals surface area contributed by atoms with Crippen LogP contribution in [0.1, 0.15) is 21.5 Å². The monoisotopic (exact) mass is 422 g/mol. The molecule has 1 amide bonds. The van der Waals surface area contributed by atoms with Gasteiger partial charge in [-0.1, -0.05) is 0 Å². The lowest BCUT2D eigenvalue weighted by atomic mass is 10.1. The van der Waals surface area contributed by atoms with E-state index in [1.165, 1.54) is 12.3 Å². The third-order valence-corrected chi connectivity index (χ3v) is 4.48. The van der Waals surface area contributed by atoms with Crippen molar-refractivity contribution in [2.75, 3.05) is 10.6 Å². The van der Waals surface area contributed by atoms with E-state index in [0.717, 1.165) is 5.69 Å². The van der Waals surface area contributed by atoms with E-state index in [0.29, 0.717) is 32.5 Å².